The molecule has 2 aromatic heterocycles. The number of rotatable bonds is 4. The maximum absolute atomic E-state index is 11.4. The van der Waals surface area contributed by atoms with Crippen molar-refractivity contribution >= 4 is 11.8 Å². The lowest BCUT2D eigenvalue weighted by molar-refractivity contribution is 0.0697. The molecule has 1 aliphatic rings. The summed E-state index contributed by atoms with van der Waals surface area (Å²) in [5.74, 6) is 0.356. The minimum absolute atomic E-state index is 0.264. The van der Waals surface area contributed by atoms with E-state index >= 15 is 0 Å². The third-order valence-corrected chi connectivity index (χ3v) is 3.60. The Hall–Kier alpha value is -2.30. The number of nitrogens with zero attached hydrogens (tertiary/aromatic N) is 2. The number of aromatic carboxylic acids is 1. The van der Waals surface area contributed by atoms with Crippen molar-refractivity contribution in [3.8, 4) is 0 Å². The fraction of sp³-hybridized carbons (Fsp3) is 0.333. The summed E-state index contributed by atoms with van der Waals surface area (Å²) in [6, 6.07) is 5.45. The van der Waals surface area contributed by atoms with E-state index in [1.807, 2.05) is 24.1 Å². The zero-order chi connectivity index (χ0) is 14.1. The second-order valence-corrected chi connectivity index (χ2v) is 5.06. The molecule has 5 heteroatoms. The van der Waals surface area contributed by atoms with Gasteiger partial charge in [0.05, 0.1) is 12.8 Å². The van der Waals surface area contributed by atoms with Crippen molar-refractivity contribution in [1.82, 2.24) is 4.98 Å². The van der Waals surface area contributed by atoms with Gasteiger partial charge in [0.2, 0.25) is 0 Å². The van der Waals surface area contributed by atoms with Crippen LogP contribution in [-0.2, 0) is 19.4 Å². The van der Waals surface area contributed by atoms with Gasteiger partial charge in [0, 0.05) is 12.7 Å². The molecule has 0 saturated carbocycles. The number of aryl methyl sites for hydroxylation is 2. The van der Waals surface area contributed by atoms with Crippen molar-refractivity contribution in [2.45, 2.75) is 25.8 Å². The molecule has 0 bridgehead atoms. The fourth-order valence-corrected chi connectivity index (χ4v) is 2.62. The van der Waals surface area contributed by atoms with Gasteiger partial charge in [-0.05, 0) is 43.0 Å². The highest BCUT2D eigenvalue weighted by molar-refractivity contribution is 5.93. The maximum atomic E-state index is 11.4. The number of carboxylic acid groups (broad SMARTS) is 1. The smallest absolute Gasteiger partial charge is 0.339 e. The Kier molecular flexibility index (Phi) is 3.18. The number of pyridine rings is 1. The van der Waals surface area contributed by atoms with Crippen molar-refractivity contribution < 1.29 is 14.3 Å². The van der Waals surface area contributed by atoms with Gasteiger partial charge in [-0.15, -0.1) is 0 Å². The van der Waals surface area contributed by atoms with Crippen LogP contribution in [0.3, 0.4) is 0 Å². The monoisotopic (exact) mass is 272 g/mol. The van der Waals surface area contributed by atoms with Crippen LogP contribution in [0.4, 0.5) is 5.82 Å². The Balaban J connectivity index is 1.96. The summed E-state index contributed by atoms with van der Waals surface area (Å²) in [7, 11) is 1.83. The second-order valence-electron chi connectivity index (χ2n) is 5.06. The van der Waals surface area contributed by atoms with Crippen LogP contribution >= 0.6 is 0 Å². The number of hydrogen-bond donors (Lipinski definition) is 1. The molecule has 1 aliphatic carbocycles. The van der Waals surface area contributed by atoms with Crippen molar-refractivity contribution in [3.05, 3.63) is 47.0 Å². The molecule has 0 radical (unpaired) electrons. The van der Waals surface area contributed by atoms with Gasteiger partial charge in [-0.2, -0.15) is 0 Å². The molecule has 0 amide bonds. The van der Waals surface area contributed by atoms with Crippen molar-refractivity contribution in [1.29, 1.82) is 0 Å². The zero-order valence-corrected chi connectivity index (χ0v) is 11.3. The molecule has 2 heterocycles. The van der Waals surface area contributed by atoms with Crippen LogP contribution in [0.1, 0.15) is 33.8 Å². The summed E-state index contributed by atoms with van der Waals surface area (Å²) >= 11 is 0. The molecule has 2 aromatic rings. The summed E-state index contributed by atoms with van der Waals surface area (Å²) in [6.07, 6.45) is 4.51. The molecular weight excluding hydrogens is 256 g/mol. The van der Waals surface area contributed by atoms with Crippen LogP contribution < -0.4 is 4.90 Å². The van der Waals surface area contributed by atoms with Gasteiger partial charge in [-0.3, -0.25) is 0 Å². The molecule has 0 atom stereocenters. The fourth-order valence-electron chi connectivity index (χ4n) is 2.62. The molecule has 0 fully saturated rings. The number of carboxylic acids is 1. The van der Waals surface area contributed by atoms with Crippen LogP contribution in [0.5, 0.6) is 0 Å². The first-order valence-corrected chi connectivity index (χ1v) is 6.65. The van der Waals surface area contributed by atoms with Gasteiger partial charge in [0.15, 0.2) is 0 Å². The number of fused-ring (bicyclic) bond motifs is 1. The molecule has 20 heavy (non-hydrogen) atoms. The number of hydrogen-bond acceptors (Lipinski definition) is 4. The maximum Gasteiger partial charge on any atom is 0.339 e. The third-order valence-electron chi connectivity index (χ3n) is 3.60. The third kappa shape index (κ3) is 2.27. The van der Waals surface area contributed by atoms with E-state index in [-0.39, 0.29) is 5.56 Å². The minimum Gasteiger partial charge on any atom is -0.478 e. The van der Waals surface area contributed by atoms with Crippen molar-refractivity contribution in [3.63, 3.8) is 0 Å². The van der Waals surface area contributed by atoms with Crippen LogP contribution in [0.25, 0.3) is 0 Å². The van der Waals surface area contributed by atoms with E-state index in [2.05, 4.69) is 4.98 Å². The SMILES string of the molecule is CN(Cc1ccco1)c1nc2c(cc1C(=O)O)CCC2. The van der Waals surface area contributed by atoms with E-state index in [0.717, 1.165) is 36.3 Å². The van der Waals surface area contributed by atoms with E-state index in [4.69, 9.17) is 4.42 Å². The summed E-state index contributed by atoms with van der Waals surface area (Å²) in [6.45, 7) is 0.499. The van der Waals surface area contributed by atoms with Crippen LogP contribution in [0.2, 0.25) is 0 Å². The van der Waals surface area contributed by atoms with Gasteiger partial charge in [-0.25, -0.2) is 9.78 Å². The molecule has 0 aromatic carbocycles. The average molecular weight is 272 g/mol. The highest BCUT2D eigenvalue weighted by atomic mass is 16.4. The average Bonchev–Trinajstić information content (AvgIpc) is 3.06. The lowest BCUT2D eigenvalue weighted by Crippen LogP contribution is -2.21. The molecule has 0 aliphatic heterocycles. The molecule has 0 unspecified atom stereocenters. The van der Waals surface area contributed by atoms with Crippen LogP contribution in [0, 0.1) is 0 Å². The van der Waals surface area contributed by atoms with Crippen LogP contribution in [-0.4, -0.2) is 23.1 Å². The zero-order valence-electron chi connectivity index (χ0n) is 11.3. The van der Waals surface area contributed by atoms with Crippen LogP contribution in [0.15, 0.2) is 28.9 Å². The largest absolute Gasteiger partial charge is 0.478 e. The number of carbonyl (C=O) groups is 1. The number of anilines is 1. The van der Waals surface area contributed by atoms with E-state index in [9.17, 15) is 9.90 Å². The lowest BCUT2D eigenvalue weighted by atomic mass is 10.1. The van der Waals surface area contributed by atoms with Gasteiger partial charge in [0.25, 0.3) is 0 Å². The first kappa shape index (κ1) is 12.7. The second kappa shape index (κ2) is 5.00. The number of furan rings is 1. The molecule has 1 N–H and O–H groups in total. The van der Waals surface area contributed by atoms with Gasteiger partial charge in [0.1, 0.15) is 17.1 Å². The Labute approximate surface area is 116 Å². The normalized spacial score (nSPS) is 13.2. The predicted octanol–water partition coefficient (Wildman–Crippen LogP) is 2.50. The van der Waals surface area contributed by atoms with Gasteiger partial charge >= 0.3 is 5.97 Å². The van der Waals surface area contributed by atoms with Crippen molar-refractivity contribution in [2.75, 3.05) is 11.9 Å². The summed E-state index contributed by atoms with van der Waals surface area (Å²) < 4.78 is 5.30. The van der Waals surface area contributed by atoms with E-state index < -0.39 is 5.97 Å². The molecule has 104 valence electrons. The first-order chi connectivity index (χ1) is 9.65. The Bertz CT molecular complexity index is 635. The standard InChI is InChI=1S/C15H16N2O3/c1-17(9-11-5-3-7-20-11)14-12(15(18)19)8-10-4-2-6-13(10)16-14/h3,5,7-8H,2,4,6,9H2,1H3,(H,18,19). The molecule has 3 rings (SSSR count). The number of aromatic nitrogens is 1. The Morgan fingerprint density at radius 1 is 1.50 bits per heavy atom. The van der Waals surface area contributed by atoms with Gasteiger partial charge < -0.3 is 14.4 Å². The summed E-state index contributed by atoms with van der Waals surface area (Å²) in [5.41, 5.74) is 2.36. The van der Waals surface area contributed by atoms with E-state index in [0.29, 0.717) is 12.4 Å². The molecule has 0 saturated heterocycles. The van der Waals surface area contributed by atoms with Crippen molar-refractivity contribution in [2.24, 2.45) is 0 Å². The minimum atomic E-state index is -0.937. The Morgan fingerprint density at radius 3 is 3.05 bits per heavy atom. The quantitative estimate of drug-likeness (QED) is 0.926. The summed E-state index contributed by atoms with van der Waals surface area (Å²) in [4.78, 5) is 17.8. The Morgan fingerprint density at radius 2 is 2.35 bits per heavy atom. The van der Waals surface area contributed by atoms with E-state index in [1.54, 1.807) is 12.3 Å². The highest BCUT2D eigenvalue weighted by Gasteiger charge is 2.22. The predicted molar refractivity (Wildman–Crippen MR) is 74.0 cm³/mol. The highest BCUT2D eigenvalue weighted by Crippen LogP contribution is 2.27. The van der Waals surface area contributed by atoms with Gasteiger partial charge in [-0.1, -0.05) is 0 Å². The van der Waals surface area contributed by atoms with E-state index in [1.165, 1.54) is 0 Å². The first-order valence-electron chi connectivity index (χ1n) is 6.65. The molecule has 5 nitrogen and oxygen atoms in total. The molecule has 0 spiro atoms. The summed E-state index contributed by atoms with van der Waals surface area (Å²) in [5, 5.41) is 9.38. The molecular formula is C15H16N2O3. The lowest BCUT2D eigenvalue weighted by Gasteiger charge is -2.20. The topological polar surface area (TPSA) is 66.6 Å².